The van der Waals surface area contributed by atoms with Crippen molar-refractivity contribution in [1.29, 1.82) is 0 Å². The number of hydrogen-bond donors (Lipinski definition) is 1. The molecule has 1 aliphatic carbocycles. The molecule has 92 valence electrons. The summed E-state index contributed by atoms with van der Waals surface area (Å²) in [5.41, 5.74) is -1.89. The van der Waals surface area contributed by atoms with E-state index in [1.54, 1.807) is 26.8 Å². The van der Waals surface area contributed by atoms with Crippen molar-refractivity contribution in [2.45, 2.75) is 45.6 Å². The van der Waals surface area contributed by atoms with Crippen LogP contribution in [0.2, 0.25) is 0 Å². The summed E-state index contributed by atoms with van der Waals surface area (Å²) in [7, 11) is 0. The molecule has 3 unspecified atom stereocenters. The lowest BCUT2D eigenvalue weighted by molar-refractivity contribution is -0.183. The fourth-order valence-corrected chi connectivity index (χ4v) is 2.57. The summed E-state index contributed by atoms with van der Waals surface area (Å²) >= 11 is 0. The molecule has 1 aliphatic rings. The van der Waals surface area contributed by atoms with Crippen LogP contribution in [0.25, 0.3) is 0 Å². The number of carbonyl (C=O) groups excluding carboxylic acids is 1. The lowest BCUT2D eigenvalue weighted by Gasteiger charge is -2.48. The monoisotopic (exact) mass is 226 g/mol. The first-order chi connectivity index (χ1) is 7.40. The third kappa shape index (κ3) is 1.88. The SMILES string of the molecule is C=CC1CCCC(C)(C(=O)OCC)C1(C)O. The van der Waals surface area contributed by atoms with Gasteiger partial charge in [-0.05, 0) is 33.6 Å². The van der Waals surface area contributed by atoms with Crippen LogP contribution in [0.1, 0.15) is 40.0 Å². The van der Waals surface area contributed by atoms with E-state index >= 15 is 0 Å². The van der Waals surface area contributed by atoms with E-state index in [4.69, 9.17) is 4.74 Å². The van der Waals surface area contributed by atoms with Crippen LogP contribution in [0.15, 0.2) is 12.7 Å². The molecule has 0 spiro atoms. The molecule has 0 bridgehead atoms. The van der Waals surface area contributed by atoms with Crippen LogP contribution in [0.3, 0.4) is 0 Å². The second kappa shape index (κ2) is 4.58. The van der Waals surface area contributed by atoms with Crippen molar-refractivity contribution in [2.24, 2.45) is 11.3 Å². The normalized spacial score (nSPS) is 39.1. The van der Waals surface area contributed by atoms with Crippen molar-refractivity contribution in [2.75, 3.05) is 6.61 Å². The Morgan fingerprint density at radius 2 is 2.25 bits per heavy atom. The number of aliphatic hydroxyl groups is 1. The van der Waals surface area contributed by atoms with Gasteiger partial charge in [0, 0.05) is 5.92 Å². The maximum Gasteiger partial charge on any atom is 0.314 e. The Bertz CT molecular complexity index is 283. The average molecular weight is 226 g/mol. The second-order valence-corrected chi connectivity index (χ2v) is 4.93. The summed E-state index contributed by atoms with van der Waals surface area (Å²) in [5.74, 6) is -0.345. The zero-order valence-corrected chi connectivity index (χ0v) is 10.5. The fourth-order valence-electron chi connectivity index (χ4n) is 2.57. The molecule has 3 heteroatoms. The van der Waals surface area contributed by atoms with Crippen LogP contribution in [-0.4, -0.2) is 23.3 Å². The van der Waals surface area contributed by atoms with Gasteiger partial charge in [0.15, 0.2) is 0 Å². The summed E-state index contributed by atoms with van der Waals surface area (Å²) in [6.45, 7) is 9.38. The molecule has 1 N–H and O–H groups in total. The highest BCUT2D eigenvalue weighted by molar-refractivity contribution is 5.78. The van der Waals surface area contributed by atoms with Crippen LogP contribution >= 0.6 is 0 Å². The highest BCUT2D eigenvalue weighted by atomic mass is 16.5. The molecule has 0 aromatic rings. The topological polar surface area (TPSA) is 46.5 Å². The van der Waals surface area contributed by atoms with E-state index in [9.17, 15) is 9.90 Å². The Balaban J connectivity index is 3.00. The van der Waals surface area contributed by atoms with E-state index in [0.29, 0.717) is 13.0 Å². The Kier molecular flexibility index (Phi) is 3.79. The Hall–Kier alpha value is -0.830. The molecule has 0 aromatic heterocycles. The highest BCUT2D eigenvalue weighted by Crippen LogP contribution is 2.48. The van der Waals surface area contributed by atoms with Gasteiger partial charge in [0.1, 0.15) is 0 Å². The van der Waals surface area contributed by atoms with Gasteiger partial charge in [-0.25, -0.2) is 0 Å². The largest absolute Gasteiger partial charge is 0.465 e. The predicted molar refractivity (Wildman–Crippen MR) is 62.9 cm³/mol. The van der Waals surface area contributed by atoms with Gasteiger partial charge < -0.3 is 9.84 Å². The molecule has 3 nitrogen and oxygen atoms in total. The van der Waals surface area contributed by atoms with Gasteiger partial charge in [-0.2, -0.15) is 0 Å². The van der Waals surface area contributed by atoms with Crippen molar-refractivity contribution >= 4 is 5.97 Å². The minimum atomic E-state index is -1.07. The first kappa shape index (κ1) is 13.2. The standard InChI is InChI=1S/C13H22O3/c1-5-10-8-7-9-12(3,13(10,4)15)11(14)16-6-2/h5,10,15H,1,6-9H2,2-4H3. The van der Waals surface area contributed by atoms with Gasteiger partial charge in [-0.3, -0.25) is 4.79 Å². The predicted octanol–water partition coefficient (Wildman–Crippen LogP) is 2.29. The van der Waals surface area contributed by atoms with Gasteiger partial charge >= 0.3 is 5.97 Å². The molecule has 0 aliphatic heterocycles. The quantitative estimate of drug-likeness (QED) is 0.593. The molecule has 0 heterocycles. The Labute approximate surface area is 97.5 Å². The summed E-state index contributed by atoms with van der Waals surface area (Å²) in [4.78, 5) is 12.0. The third-order valence-corrected chi connectivity index (χ3v) is 4.04. The van der Waals surface area contributed by atoms with Crippen molar-refractivity contribution in [3.63, 3.8) is 0 Å². The maximum atomic E-state index is 12.0. The zero-order chi connectivity index (χ0) is 12.4. The van der Waals surface area contributed by atoms with Gasteiger partial charge in [-0.1, -0.05) is 12.5 Å². The summed E-state index contributed by atoms with van der Waals surface area (Å²) < 4.78 is 5.08. The van der Waals surface area contributed by atoms with Gasteiger partial charge in [-0.15, -0.1) is 6.58 Å². The molecule has 0 aromatic carbocycles. The van der Waals surface area contributed by atoms with Crippen LogP contribution in [0, 0.1) is 11.3 Å². The fraction of sp³-hybridized carbons (Fsp3) is 0.769. The van der Waals surface area contributed by atoms with Crippen molar-refractivity contribution in [3.8, 4) is 0 Å². The molecule has 1 rings (SSSR count). The Morgan fingerprint density at radius 1 is 1.62 bits per heavy atom. The van der Waals surface area contributed by atoms with E-state index < -0.39 is 11.0 Å². The van der Waals surface area contributed by atoms with Crippen LogP contribution < -0.4 is 0 Å². The number of hydrogen-bond acceptors (Lipinski definition) is 3. The van der Waals surface area contributed by atoms with Crippen LogP contribution in [0.5, 0.6) is 0 Å². The van der Waals surface area contributed by atoms with E-state index in [-0.39, 0.29) is 11.9 Å². The first-order valence-electron chi connectivity index (χ1n) is 5.92. The molecule has 16 heavy (non-hydrogen) atoms. The molecular weight excluding hydrogens is 204 g/mol. The zero-order valence-electron chi connectivity index (χ0n) is 10.5. The molecule has 0 amide bonds. The van der Waals surface area contributed by atoms with Crippen LogP contribution in [0.4, 0.5) is 0 Å². The first-order valence-corrected chi connectivity index (χ1v) is 5.92. The van der Waals surface area contributed by atoms with E-state index in [0.717, 1.165) is 12.8 Å². The minimum Gasteiger partial charge on any atom is -0.465 e. The third-order valence-electron chi connectivity index (χ3n) is 4.04. The summed E-state index contributed by atoms with van der Waals surface area (Å²) in [6, 6.07) is 0. The summed E-state index contributed by atoms with van der Waals surface area (Å²) in [5, 5.41) is 10.6. The maximum absolute atomic E-state index is 12.0. The van der Waals surface area contributed by atoms with Crippen molar-refractivity contribution in [1.82, 2.24) is 0 Å². The van der Waals surface area contributed by atoms with Crippen LogP contribution in [-0.2, 0) is 9.53 Å². The van der Waals surface area contributed by atoms with Gasteiger partial charge in [0.05, 0.1) is 17.6 Å². The molecule has 1 fully saturated rings. The minimum absolute atomic E-state index is 0.0457. The molecule has 3 atom stereocenters. The molecular formula is C13H22O3. The molecule has 0 radical (unpaired) electrons. The second-order valence-electron chi connectivity index (χ2n) is 4.93. The average Bonchev–Trinajstić information content (AvgIpc) is 2.22. The van der Waals surface area contributed by atoms with E-state index in [1.165, 1.54) is 0 Å². The number of rotatable bonds is 3. The summed E-state index contributed by atoms with van der Waals surface area (Å²) in [6.07, 6.45) is 4.22. The smallest absolute Gasteiger partial charge is 0.314 e. The Morgan fingerprint density at radius 3 is 2.75 bits per heavy atom. The lowest BCUT2D eigenvalue weighted by atomic mass is 9.60. The number of esters is 1. The van der Waals surface area contributed by atoms with E-state index in [2.05, 4.69) is 6.58 Å². The van der Waals surface area contributed by atoms with Crippen molar-refractivity contribution < 1.29 is 14.6 Å². The van der Waals surface area contributed by atoms with E-state index in [1.807, 2.05) is 0 Å². The molecule has 0 saturated heterocycles. The number of carbonyl (C=O) groups is 1. The van der Waals surface area contributed by atoms with Gasteiger partial charge in [0.25, 0.3) is 0 Å². The van der Waals surface area contributed by atoms with Crippen molar-refractivity contribution in [3.05, 3.63) is 12.7 Å². The van der Waals surface area contributed by atoms with Gasteiger partial charge in [0.2, 0.25) is 0 Å². The molecule has 1 saturated carbocycles. The lowest BCUT2D eigenvalue weighted by Crippen LogP contribution is -2.56. The number of ether oxygens (including phenoxy) is 1. The highest BCUT2D eigenvalue weighted by Gasteiger charge is 2.55.